The lowest BCUT2D eigenvalue weighted by atomic mass is 10.3. The molecule has 4 heterocycles. The maximum atomic E-state index is 12.5. The topological polar surface area (TPSA) is 92.7 Å². The van der Waals surface area contributed by atoms with E-state index in [2.05, 4.69) is 20.4 Å². The standard InChI is InChI=1S/C18H15N5O2S2/c1-2-11-9-16(24)21-18(19-11)23-15(20-17(25)14-6-4-8-27-14)10-12(22-23)13-5-3-7-26-13/h3-10H,2H2,1H3,(H,20,25)(H,19,21,24). The molecule has 0 spiro atoms. The maximum absolute atomic E-state index is 12.5. The van der Waals surface area contributed by atoms with Gasteiger partial charge < -0.3 is 5.32 Å². The summed E-state index contributed by atoms with van der Waals surface area (Å²) in [5, 5.41) is 11.2. The number of amides is 1. The van der Waals surface area contributed by atoms with E-state index in [0.717, 1.165) is 4.88 Å². The monoisotopic (exact) mass is 397 g/mol. The third-order valence-corrected chi connectivity index (χ3v) is 5.58. The van der Waals surface area contributed by atoms with Crippen LogP contribution in [0.3, 0.4) is 0 Å². The van der Waals surface area contributed by atoms with E-state index in [0.29, 0.717) is 28.5 Å². The van der Waals surface area contributed by atoms with Crippen LogP contribution in [0.15, 0.2) is 52.0 Å². The minimum atomic E-state index is -0.263. The number of aromatic amines is 1. The van der Waals surface area contributed by atoms with Crippen LogP contribution < -0.4 is 10.9 Å². The summed E-state index contributed by atoms with van der Waals surface area (Å²) in [7, 11) is 0. The fourth-order valence-electron chi connectivity index (χ4n) is 2.54. The summed E-state index contributed by atoms with van der Waals surface area (Å²) >= 11 is 2.89. The molecular formula is C18H15N5O2S2. The molecule has 0 aromatic carbocycles. The number of nitrogens with one attached hydrogen (secondary N) is 2. The molecule has 9 heteroatoms. The second-order valence-corrected chi connectivity index (χ2v) is 7.54. The van der Waals surface area contributed by atoms with Gasteiger partial charge >= 0.3 is 0 Å². The van der Waals surface area contributed by atoms with E-state index in [1.54, 1.807) is 23.5 Å². The molecule has 0 radical (unpaired) electrons. The number of hydrogen-bond donors (Lipinski definition) is 2. The third kappa shape index (κ3) is 3.60. The zero-order valence-electron chi connectivity index (χ0n) is 14.3. The van der Waals surface area contributed by atoms with Crippen molar-refractivity contribution in [1.29, 1.82) is 0 Å². The zero-order valence-corrected chi connectivity index (χ0v) is 15.9. The van der Waals surface area contributed by atoms with Crippen molar-refractivity contribution in [3.8, 4) is 16.5 Å². The first kappa shape index (κ1) is 17.4. The van der Waals surface area contributed by atoms with Gasteiger partial charge in [-0.3, -0.25) is 14.6 Å². The van der Waals surface area contributed by atoms with Crippen LogP contribution in [0, 0.1) is 0 Å². The lowest BCUT2D eigenvalue weighted by Crippen LogP contribution is -2.18. The SMILES string of the molecule is CCc1cc(=O)[nH]c(-n2nc(-c3cccs3)cc2NC(=O)c2cccs2)n1. The number of aromatic nitrogens is 4. The first-order chi connectivity index (χ1) is 13.1. The summed E-state index contributed by atoms with van der Waals surface area (Å²) in [6.07, 6.45) is 0.618. The molecule has 1 amide bonds. The van der Waals surface area contributed by atoms with Crippen LogP contribution in [0.1, 0.15) is 22.3 Å². The Morgan fingerprint density at radius 1 is 1.22 bits per heavy atom. The van der Waals surface area contributed by atoms with E-state index in [1.807, 2.05) is 35.9 Å². The molecule has 136 valence electrons. The Hall–Kier alpha value is -3.04. The molecule has 0 unspecified atom stereocenters. The van der Waals surface area contributed by atoms with Crippen LogP contribution >= 0.6 is 22.7 Å². The van der Waals surface area contributed by atoms with E-state index in [4.69, 9.17) is 0 Å². The van der Waals surface area contributed by atoms with E-state index in [9.17, 15) is 9.59 Å². The lowest BCUT2D eigenvalue weighted by Gasteiger charge is -2.08. The van der Waals surface area contributed by atoms with Crippen molar-refractivity contribution in [2.45, 2.75) is 13.3 Å². The molecule has 4 aromatic rings. The molecule has 7 nitrogen and oxygen atoms in total. The first-order valence-corrected chi connectivity index (χ1v) is 9.99. The Labute approximate surface area is 162 Å². The predicted octanol–water partition coefficient (Wildman–Crippen LogP) is 3.56. The van der Waals surface area contributed by atoms with E-state index in [-0.39, 0.29) is 17.4 Å². The second kappa shape index (κ2) is 7.29. The molecule has 0 saturated carbocycles. The summed E-state index contributed by atoms with van der Waals surface area (Å²) in [4.78, 5) is 33.2. The lowest BCUT2D eigenvalue weighted by molar-refractivity contribution is 0.103. The van der Waals surface area contributed by atoms with Crippen molar-refractivity contribution in [3.63, 3.8) is 0 Å². The second-order valence-electron chi connectivity index (χ2n) is 5.65. The summed E-state index contributed by atoms with van der Waals surface area (Å²) in [6.45, 7) is 1.92. The quantitative estimate of drug-likeness (QED) is 0.538. The highest BCUT2D eigenvalue weighted by Crippen LogP contribution is 2.27. The summed E-state index contributed by atoms with van der Waals surface area (Å²) in [5.74, 6) is 0.467. The van der Waals surface area contributed by atoms with Gasteiger partial charge in [0.15, 0.2) is 0 Å². The number of nitrogens with zero attached hydrogens (tertiary/aromatic N) is 3. The molecule has 0 atom stereocenters. The van der Waals surface area contributed by atoms with Gasteiger partial charge in [-0.25, -0.2) is 4.98 Å². The van der Waals surface area contributed by atoms with Crippen LogP contribution in [0.2, 0.25) is 0 Å². The molecule has 27 heavy (non-hydrogen) atoms. The largest absolute Gasteiger partial charge is 0.306 e. The van der Waals surface area contributed by atoms with Gasteiger partial charge in [-0.1, -0.05) is 19.1 Å². The minimum absolute atomic E-state index is 0.238. The average molecular weight is 397 g/mol. The molecular weight excluding hydrogens is 382 g/mol. The molecule has 0 aliphatic carbocycles. The third-order valence-electron chi connectivity index (χ3n) is 3.81. The van der Waals surface area contributed by atoms with E-state index >= 15 is 0 Å². The van der Waals surface area contributed by atoms with Crippen molar-refractivity contribution in [1.82, 2.24) is 19.7 Å². The van der Waals surface area contributed by atoms with Gasteiger partial charge in [-0.2, -0.15) is 9.78 Å². The molecule has 0 aliphatic rings. The van der Waals surface area contributed by atoms with Gasteiger partial charge in [0, 0.05) is 17.8 Å². The molecule has 0 bridgehead atoms. The number of H-pyrrole nitrogens is 1. The summed E-state index contributed by atoms with van der Waals surface area (Å²) in [5.41, 5.74) is 1.08. The average Bonchev–Trinajstić information content (AvgIpc) is 3.41. The van der Waals surface area contributed by atoms with E-state index < -0.39 is 0 Å². The number of aryl methyl sites for hydroxylation is 1. The minimum Gasteiger partial charge on any atom is -0.306 e. The van der Waals surface area contributed by atoms with Gasteiger partial charge in [0.1, 0.15) is 11.5 Å². The normalized spacial score (nSPS) is 10.9. The molecule has 0 saturated heterocycles. The van der Waals surface area contributed by atoms with Crippen molar-refractivity contribution in [3.05, 3.63) is 68.1 Å². The number of carbonyl (C=O) groups is 1. The summed E-state index contributed by atoms with van der Waals surface area (Å²) in [6, 6.07) is 10.7. The van der Waals surface area contributed by atoms with Gasteiger partial charge in [-0.05, 0) is 29.3 Å². The van der Waals surface area contributed by atoms with Gasteiger partial charge in [0.2, 0.25) is 5.95 Å². The number of rotatable bonds is 5. The van der Waals surface area contributed by atoms with Gasteiger partial charge in [-0.15, -0.1) is 22.7 Å². The van der Waals surface area contributed by atoms with Gasteiger partial charge in [0.05, 0.1) is 9.75 Å². The van der Waals surface area contributed by atoms with Crippen molar-refractivity contribution in [2.75, 3.05) is 5.32 Å². The molecule has 4 aromatic heterocycles. The van der Waals surface area contributed by atoms with Crippen LogP contribution in [-0.2, 0) is 6.42 Å². The fraction of sp³-hybridized carbons (Fsp3) is 0.111. The predicted molar refractivity (Wildman–Crippen MR) is 107 cm³/mol. The fourth-order valence-corrected chi connectivity index (χ4v) is 3.84. The Morgan fingerprint density at radius 3 is 2.74 bits per heavy atom. The highest BCUT2D eigenvalue weighted by Gasteiger charge is 2.17. The highest BCUT2D eigenvalue weighted by atomic mass is 32.1. The smallest absolute Gasteiger partial charge is 0.266 e. The molecule has 0 aliphatic heterocycles. The number of hydrogen-bond acceptors (Lipinski definition) is 6. The van der Waals surface area contributed by atoms with Crippen LogP contribution in [0.5, 0.6) is 0 Å². The molecule has 4 rings (SSSR count). The number of thiophene rings is 2. The zero-order chi connectivity index (χ0) is 18.8. The van der Waals surface area contributed by atoms with Crippen LogP contribution in [-0.4, -0.2) is 25.7 Å². The van der Waals surface area contributed by atoms with Crippen LogP contribution in [0.25, 0.3) is 16.5 Å². The Kier molecular flexibility index (Phi) is 4.69. The van der Waals surface area contributed by atoms with Crippen molar-refractivity contribution in [2.24, 2.45) is 0 Å². The van der Waals surface area contributed by atoms with E-state index in [1.165, 1.54) is 22.1 Å². The Morgan fingerprint density at radius 2 is 2.04 bits per heavy atom. The highest BCUT2D eigenvalue weighted by molar-refractivity contribution is 7.13. The van der Waals surface area contributed by atoms with Crippen molar-refractivity contribution >= 4 is 34.4 Å². The van der Waals surface area contributed by atoms with Gasteiger partial charge in [0.25, 0.3) is 11.5 Å². The van der Waals surface area contributed by atoms with Crippen LogP contribution in [0.4, 0.5) is 5.82 Å². The number of anilines is 1. The summed E-state index contributed by atoms with van der Waals surface area (Å²) < 4.78 is 1.46. The number of carbonyl (C=O) groups excluding carboxylic acids is 1. The maximum Gasteiger partial charge on any atom is 0.266 e. The molecule has 0 fully saturated rings. The Balaban J connectivity index is 1.80. The van der Waals surface area contributed by atoms with Crippen molar-refractivity contribution < 1.29 is 4.79 Å². The first-order valence-electron chi connectivity index (χ1n) is 8.23. The Bertz CT molecular complexity index is 1130. The molecule has 2 N–H and O–H groups in total.